The van der Waals surface area contributed by atoms with Crippen LogP contribution in [0.2, 0.25) is 0 Å². The third-order valence-electron chi connectivity index (χ3n) is 3.45. The van der Waals surface area contributed by atoms with Gasteiger partial charge in [-0.05, 0) is 25.1 Å². The van der Waals surface area contributed by atoms with Crippen LogP contribution in [0, 0.1) is 6.92 Å². The fourth-order valence-electron chi connectivity index (χ4n) is 2.43. The molecule has 0 aliphatic carbocycles. The van der Waals surface area contributed by atoms with Crippen LogP contribution < -0.4 is 14.8 Å². The molecule has 3 rings (SSSR count). The second-order valence-corrected chi connectivity index (χ2v) is 5.08. The first-order valence-electron chi connectivity index (χ1n) is 6.99. The van der Waals surface area contributed by atoms with Gasteiger partial charge in [0.1, 0.15) is 11.5 Å². The van der Waals surface area contributed by atoms with Crippen LogP contribution in [0.25, 0.3) is 0 Å². The molecule has 0 fully saturated rings. The molecule has 0 spiro atoms. The molecule has 1 aliphatic heterocycles. The first-order valence-corrected chi connectivity index (χ1v) is 6.99. The molecule has 0 saturated carbocycles. The predicted octanol–water partition coefficient (Wildman–Crippen LogP) is 3.61. The van der Waals surface area contributed by atoms with E-state index < -0.39 is 6.09 Å². The van der Waals surface area contributed by atoms with Gasteiger partial charge in [0, 0.05) is 12.0 Å². The Morgan fingerprint density at radius 1 is 1.24 bits per heavy atom. The number of para-hydroxylation sites is 1. The molecule has 2 aromatic rings. The summed E-state index contributed by atoms with van der Waals surface area (Å²) in [7, 11) is 0. The maximum absolute atomic E-state index is 12.0. The smallest absolute Gasteiger partial charge is 0.413 e. The Morgan fingerprint density at radius 2 is 2.05 bits per heavy atom. The number of nitrogens with one attached hydrogen (secondary N) is 1. The van der Waals surface area contributed by atoms with Crippen LogP contribution in [0.3, 0.4) is 0 Å². The second-order valence-electron chi connectivity index (χ2n) is 5.08. The van der Waals surface area contributed by atoms with Crippen molar-refractivity contribution in [2.45, 2.75) is 19.4 Å². The van der Waals surface area contributed by atoms with Crippen LogP contribution in [0.4, 0.5) is 4.79 Å². The fraction of sp³-hybridized carbons (Fsp3) is 0.235. The normalized spacial score (nSPS) is 16.5. The average Bonchev–Trinajstić information content (AvgIpc) is 2.49. The summed E-state index contributed by atoms with van der Waals surface area (Å²) in [5, 5.41) is 2.91. The molecule has 0 aromatic heterocycles. The summed E-state index contributed by atoms with van der Waals surface area (Å²) in [5.74, 6) is 1.36. The van der Waals surface area contributed by atoms with E-state index in [1.54, 1.807) is 12.1 Å². The Bertz CT molecular complexity index is 640. The highest BCUT2D eigenvalue weighted by Gasteiger charge is 2.23. The van der Waals surface area contributed by atoms with E-state index in [0.717, 1.165) is 23.3 Å². The number of rotatable bonds is 2. The van der Waals surface area contributed by atoms with E-state index in [-0.39, 0.29) is 6.04 Å². The number of amides is 1. The fourth-order valence-corrected chi connectivity index (χ4v) is 2.43. The van der Waals surface area contributed by atoms with Crippen LogP contribution >= 0.6 is 0 Å². The zero-order valence-corrected chi connectivity index (χ0v) is 11.8. The summed E-state index contributed by atoms with van der Waals surface area (Å²) >= 11 is 0. The molecule has 0 radical (unpaired) electrons. The highest BCUT2D eigenvalue weighted by Crippen LogP contribution is 2.32. The van der Waals surface area contributed by atoms with Crippen LogP contribution in [0.15, 0.2) is 48.5 Å². The summed E-state index contributed by atoms with van der Waals surface area (Å²) in [6.07, 6.45) is 0.293. The molecule has 2 aromatic carbocycles. The van der Waals surface area contributed by atoms with Crippen LogP contribution in [-0.2, 0) is 0 Å². The quantitative estimate of drug-likeness (QED) is 0.916. The maximum atomic E-state index is 12.0. The van der Waals surface area contributed by atoms with Gasteiger partial charge < -0.3 is 14.8 Å². The molecule has 1 heterocycles. The van der Waals surface area contributed by atoms with E-state index in [0.29, 0.717) is 12.4 Å². The van der Waals surface area contributed by atoms with Crippen LogP contribution in [-0.4, -0.2) is 12.7 Å². The van der Waals surface area contributed by atoms with E-state index >= 15 is 0 Å². The number of aryl methyl sites for hydroxylation is 1. The van der Waals surface area contributed by atoms with Crippen molar-refractivity contribution in [2.75, 3.05) is 6.61 Å². The van der Waals surface area contributed by atoms with Gasteiger partial charge in [0.2, 0.25) is 0 Å². The minimum absolute atomic E-state index is 0.0788. The van der Waals surface area contributed by atoms with E-state index in [2.05, 4.69) is 5.32 Å². The van der Waals surface area contributed by atoms with Gasteiger partial charge in [-0.25, -0.2) is 4.79 Å². The lowest BCUT2D eigenvalue weighted by Crippen LogP contribution is -2.34. The van der Waals surface area contributed by atoms with Crippen molar-refractivity contribution in [3.63, 3.8) is 0 Å². The number of hydrogen-bond acceptors (Lipinski definition) is 3. The number of ether oxygens (including phenoxy) is 2. The number of benzene rings is 2. The van der Waals surface area contributed by atoms with Gasteiger partial charge >= 0.3 is 6.09 Å². The van der Waals surface area contributed by atoms with Crippen LogP contribution in [0.1, 0.15) is 23.6 Å². The summed E-state index contributed by atoms with van der Waals surface area (Å²) in [6, 6.07) is 15.0. The number of hydrogen-bond donors (Lipinski definition) is 1. The largest absolute Gasteiger partial charge is 0.493 e. The molecular formula is C17H17NO3. The lowest BCUT2D eigenvalue weighted by Gasteiger charge is -2.26. The zero-order chi connectivity index (χ0) is 14.7. The molecule has 4 nitrogen and oxygen atoms in total. The molecule has 1 atom stereocenters. The molecule has 108 valence electrons. The molecule has 1 N–H and O–H groups in total. The van der Waals surface area contributed by atoms with Crippen molar-refractivity contribution >= 4 is 6.09 Å². The molecule has 1 amide bonds. The Balaban J connectivity index is 1.71. The van der Waals surface area contributed by atoms with Crippen molar-refractivity contribution in [1.82, 2.24) is 5.32 Å². The molecule has 21 heavy (non-hydrogen) atoms. The van der Waals surface area contributed by atoms with E-state index in [1.165, 1.54) is 0 Å². The van der Waals surface area contributed by atoms with Crippen molar-refractivity contribution < 1.29 is 14.3 Å². The van der Waals surface area contributed by atoms with E-state index in [4.69, 9.17) is 9.47 Å². The Hall–Kier alpha value is -2.49. The van der Waals surface area contributed by atoms with E-state index in [9.17, 15) is 4.79 Å². The van der Waals surface area contributed by atoms with Gasteiger partial charge in [0.25, 0.3) is 0 Å². The first kappa shape index (κ1) is 13.5. The number of fused-ring (bicyclic) bond motifs is 1. The minimum Gasteiger partial charge on any atom is -0.493 e. The van der Waals surface area contributed by atoms with Crippen molar-refractivity contribution in [1.29, 1.82) is 0 Å². The molecule has 4 heteroatoms. The van der Waals surface area contributed by atoms with Gasteiger partial charge in [0.15, 0.2) is 0 Å². The summed E-state index contributed by atoms with van der Waals surface area (Å²) < 4.78 is 10.9. The van der Waals surface area contributed by atoms with Crippen LogP contribution in [0.5, 0.6) is 11.5 Å². The van der Waals surface area contributed by atoms with Gasteiger partial charge in [-0.1, -0.05) is 35.9 Å². The molecular weight excluding hydrogens is 266 g/mol. The Labute approximate surface area is 123 Å². The predicted molar refractivity (Wildman–Crippen MR) is 79.6 cm³/mol. The molecule has 0 bridgehead atoms. The van der Waals surface area contributed by atoms with Crippen molar-refractivity contribution in [2.24, 2.45) is 0 Å². The first-order chi connectivity index (χ1) is 10.2. The Morgan fingerprint density at radius 3 is 2.86 bits per heavy atom. The monoisotopic (exact) mass is 283 g/mol. The highest BCUT2D eigenvalue weighted by atomic mass is 16.6. The van der Waals surface area contributed by atoms with Gasteiger partial charge in [-0.2, -0.15) is 0 Å². The summed E-state index contributed by atoms with van der Waals surface area (Å²) in [6.45, 7) is 2.61. The van der Waals surface area contributed by atoms with Crippen molar-refractivity contribution in [3.8, 4) is 11.5 Å². The molecule has 1 aliphatic rings. The summed E-state index contributed by atoms with van der Waals surface area (Å²) in [5.41, 5.74) is 2.15. The topological polar surface area (TPSA) is 47.6 Å². The minimum atomic E-state index is -0.444. The standard InChI is InChI=1S/C17H17NO3/c1-12-7-8-16-14(11-12)15(9-10-20-16)18-17(19)21-13-5-3-2-4-6-13/h2-8,11,15H,9-10H2,1H3,(H,18,19). The zero-order valence-electron chi connectivity index (χ0n) is 11.8. The van der Waals surface area contributed by atoms with Gasteiger partial charge in [-0.15, -0.1) is 0 Å². The van der Waals surface area contributed by atoms with Gasteiger partial charge in [0.05, 0.1) is 12.6 Å². The van der Waals surface area contributed by atoms with E-state index in [1.807, 2.05) is 43.3 Å². The van der Waals surface area contributed by atoms with Crippen molar-refractivity contribution in [3.05, 3.63) is 59.7 Å². The Kier molecular flexibility index (Phi) is 3.77. The SMILES string of the molecule is Cc1ccc2c(c1)C(NC(=O)Oc1ccccc1)CCO2. The average molecular weight is 283 g/mol. The molecule has 1 unspecified atom stereocenters. The highest BCUT2D eigenvalue weighted by molar-refractivity contribution is 5.71. The lowest BCUT2D eigenvalue weighted by atomic mass is 9.99. The second kappa shape index (κ2) is 5.87. The van der Waals surface area contributed by atoms with Gasteiger partial charge in [-0.3, -0.25) is 0 Å². The summed E-state index contributed by atoms with van der Waals surface area (Å²) in [4.78, 5) is 12.0. The number of carbonyl (C=O) groups is 1. The third kappa shape index (κ3) is 3.16. The third-order valence-corrected chi connectivity index (χ3v) is 3.45. The maximum Gasteiger partial charge on any atom is 0.413 e. The lowest BCUT2D eigenvalue weighted by molar-refractivity contribution is 0.188. The molecule has 0 saturated heterocycles. The number of carbonyl (C=O) groups excluding carboxylic acids is 1.